The highest BCUT2D eigenvalue weighted by atomic mass is 32.1. The number of nitrogens with zero attached hydrogens (tertiary/aromatic N) is 1. The molecule has 0 aliphatic rings. The van der Waals surface area contributed by atoms with Crippen LogP contribution in [0.1, 0.15) is 67.6 Å². The number of hydrogen-bond acceptors (Lipinski definition) is 6. The zero-order valence-corrected chi connectivity index (χ0v) is 15.0. The molecule has 0 unspecified atom stereocenters. The van der Waals surface area contributed by atoms with Crippen LogP contribution in [0.25, 0.3) is 10.2 Å². The second kappa shape index (κ2) is 8.82. The molecule has 0 saturated carbocycles. The minimum Gasteiger partial charge on any atom is -0.477 e. The summed E-state index contributed by atoms with van der Waals surface area (Å²) in [5.41, 5.74) is -0.0164. The van der Waals surface area contributed by atoms with Gasteiger partial charge in [-0.1, -0.05) is 46.0 Å². The molecule has 24 heavy (non-hydrogen) atoms. The topological polar surface area (TPSA) is 92.4 Å². The summed E-state index contributed by atoms with van der Waals surface area (Å²) in [5.74, 6) is -1.03. The van der Waals surface area contributed by atoms with E-state index in [2.05, 4.69) is 17.2 Å². The van der Waals surface area contributed by atoms with Crippen molar-refractivity contribution >= 4 is 33.5 Å². The van der Waals surface area contributed by atoms with E-state index in [4.69, 9.17) is 4.42 Å². The Balaban J connectivity index is 2.05. The zero-order valence-electron chi connectivity index (χ0n) is 14.2. The lowest BCUT2D eigenvalue weighted by Gasteiger charge is -2.04. The number of unbranched alkanes of at least 4 members (excludes halogenated alkanes) is 5. The fraction of sp³-hybridized carbons (Fsp3) is 0.588. The SMILES string of the molecule is CCCCCCCCNc1nc2sc(C(=O)O)c(CC)c2c(=O)o1. The van der Waals surface area contributed by atoms with E-state index < -0.39 is 11.6 Å². The second-order valence-electron chi connectivity index (χ2n) is 5.75. The molecule has 2 N–H and O–H groups in total. The molecule has 2 heterocycles. The number of hydrogen-bond donors (Lipinski definition) is 2. The molecule has 2 aromatic rings. The Morgan fingerprint density at radius 3 is 2.58 bits per heavy atom. The van der Waals surface area contributed by atoms with E-state index >= 15 is 0 Å². The number of nitrogens with one attached hydrogen (secondary N) is 1. The highest BCUT2D eigenvalue weighted by molar-refractivity contribution is 7.20. The number of carboxylic acid groups (broad SMARTS) is 1. The van der Waals surface area contributed by atoms with Gasteiger partial charge in [-0.05, 0) is 18.4 Å². The average molecular weight is 352 g/mol. The summed E-state index contributed by atoms with van der Waals surface area (Å²) in [7, 11) is 0. The van der Waals surface area contributed by atoms with Crippen LogP contribution in [0.15, 0.2) is 9.21 Å². The van der Waals surface area contributed by atoms with E-state index in [-0.39, 0.29) is 10.9 Å². The van der Waals surface area contributed by atoms with Gasteiger partial charge < -0.3 is 14.8 Å². The van der Waals surface area contributed by atoms with Crippen molar-refractivity contribution in [1.82, 2.24) is 4.98 Å². The lowest BCUT2D eigenvalue weighted by molar-refractivity contribution is 0.0701. The van der Waals surface area contributed by atoms with Crippen LogP contribution in [0.2, 0.25) is 0 Å². The number of fused-ring (bicyclic) bond motifs is 1. The van der Waals surface area contributed by atoms with Crippen LogP contribution in [0.4, 0.5) is 6.01 Å². The van der Waals surface area contributed by atoms with Gasteiger partial charge in [-0.15, -0.1) is 11.3 Å². The molecular weight excluding hydrogens is 328 g/mol. The van der Waals surface area contributed by atoms with Crippen LogP contribution in [-0.2, 0) is 6.42 Å². The molecule has 0 aromatic carbocycles. The third kappa shape index (κ3) is 4.35. The number of thiophene rings is 1. The van der Waals surface area contributed by atoms with Gasteiger partial charge >= 0.3 is 11.6 Å². The van der Waals surface area contributed by atoms with Crippen molar-refractivity contribution in [3.8, 4) is 0 Å². The van der Waals surface area contributed by atoms with Gasteiger partial charge in [-0.3, -0.25) is 0 Å². The third-order valence-corrected chi connectivity index (χ3v) is 5.05. The van der Waals surface area contributed by atoms with E-state index in [1.54, 1.807) is 0 Å². The summed E-state index contributed by atoms with van der Waals surface area (Å²) in [6.07, 6.45) is 7.52. The molecule has 0 aliphatic carbocycles. The van der Waals surface area contributed by atoms with Crippen LogP contribution >= 0.6 is 11.3 Å². The fourth-order valence-corrected chi connectivity index (χ4v) is 3.77. The van der Waals surface area contributed by atoms with Gasteiger partial charge in [0.15, 0.2) is 0 Å². The first-order valence-electron chi connectivity index (χ1n) is 8.52. The smallest absolute Gasteiger partial charge is 0.349 e. The Morgan fingerprint density at radius 2 is 1.92 bits per heavy atom. The highest BCUT2D eigenvalue weighted by Crippen LogP contribution is 2.29. The van der Waals surface area contributed by atoms with Gasteiger partial charge in [0.2, 0.25) is 0 Å². The van der Waals surface area contributed by atoms with Gasteiger partial charge in [-0.25, -0.2) is 9.59 Å². The molecule has 0 radical (unpaired) electrons. The van der Waals surface area contributed by atoms with Gasteiger partial charge in [-0.2, -0.15) is 4.98 Å². The van der Waals surface area contributed by atoms with Crippen LogP contribution in [0, 0.1) is 0 Å². The summed E-state index contributed by atoms with van der Waals surface area (Å²) in [5, 5.41) is 12.6. The van der Waals surface area contributed by atoms with Gasteiger partial charge in [0.25, 0.3) is 6.01 Å². The van der Waals surface area contributed by atoms with Crippen molar-refractivity contribution in [3.05, 3.63) is 20.9 Å². The fourth-order valence-electron chi connectivity index (χ4n) is 2.68. The number of aryl methyl sites for hydroxylation is 1. The van der Waals surface area contributed by atoms with Gasteiger partial charge in [0.05, 0.1) is 0 Å². The second-order valence-corrected chi connectivity index (χ2v) is 6.75. The summed E-state index contributed by atoms with van der Waals surface area (Å²) in [4.78, 5) is 28.4. The maximum Gasteiger partial charge on any atom is 0.349 e. The first-order valence-corrected chi connectivity index (χ1v) is 9.33. The maximum absolute atomic E-state index is 12.2. The molecule has 6 nitrogen and oxygen atoms in total. The normalized spacial score (nSPS) is 11.1. The molecule has 0 fully saturated rings. The standard InChI is InChI=1S/C17H24N2O4S/c1-3-5-6-7-8-9-10-18-17-19-14-12(16(22)23-17)11(4-2)13(24-14)15(20)21/h3-10H2,1-2H3,(H,18,19)(H,20,21). The van der Waals surface area contributed by atoms with Crippen molar-refractivity contribution in [1.29, 1.82) is 0 Å². The zero-order chi connectivity index (χ0) is 17.5. The lowest BCUT2D eigenvalue weighted by Crippen LogP contribution is -2.09. The largest absolute Gasteiger partial charge is 0.477 e. The van der Waals surface area contributed by atoms with Crippen molar-refractivity contribution < 1.29 is 14.3 Å². The molecule has 0 spiro atoms. The van der Waals surface area contributed by atoms with Crippen molar-refractivity contribution in [3.63, 3.8) is 0 Å². The van der Waals surface area contributed by atoms with Crippen molar-refractivity contribution in [2.45, 2.75) is 58.8 Å². The number of anilines is 1. The molecule has 2 rings (SSSR count). The average Bonchev–Trinajstić information content (AvgIpc) is 2.93. The van der Waals surface area contributed by atoms with Gasteiger partial charge in [0, 0.05) is 6.54 Å². The number of aromatic nitrogens is 1. The summed E-state index contributed by atoms with van der Waals surface area (Å²) >= 11 is 1.03. The number of carbonyl (C=O) groups is 1. The molecular formula is C17H24N2O4S. The molecule has 0 saturated heterocycles. The van der Waals surface area contributed by atoms with Crippen LogP contribution in [0.5, 0.6) is 0 Å². The molecule has 2 aromatic heterocycles. The summed E-state index contributed by atoms with van der Waals surface area (Å²) in [6, 6.07) is 0.168. The maximum atomic E-state index is 12.2. The van der Waals surface area contributed by atoms with E-state index in [0.29, 0.717) is 28.7 Å². The Kier molecular flexibility index (Phi) is 6.78. The van der Waals surface area contributed by atoms with Gasteiger partial charge in [0.1, 0.15) is 15.1 Å². The van der Waals surface area contributed by atoms with E-state index in [9.17, 15) is 14.7 Å². The van der Waals surface area contributed by atoms with Crippen LogP contribution in [-0.4, -0.2) is 22.6 Å². The number of carboxylic acids is 1. The quantitative estimate of drug-likeness (QED) is 0.620. The predicted octanol–water partition coefficient (Wildman–Crippen LogP) is 4.28. The van der Waals surface area contributed by atoms with E-state index in [1.165, 1.54) is 25.7 Å². The molecule has 0 bridgehead atoms. The van der Waals surface area contributed by atoms with Crippen molar-refractivity contribution in [2.24, 2.45) is 0 Å². The Bertz CT molecular complexity index is 751. The third-order valence-electron chi connectivity index (χ3n) is 3.94. The molecule has 0 amide bonds. The minimum atomic E-state index is -1.03. The highest BCUT2D eigenvalue weighted by Gasteiger charge is 2.21. The monoisotopic (exact) mass is 352 g/mol. The summed E-state index contributed by atoms with van der Waals surface area (Å²) < 4.78 is 5.21. The predicted molar refractivity (Wildman–Crippen MR) is 96.4 cm³/mol. The first kappa shape index (κ1) is 18.4. The Hall–Kier alpha value is -1.89. The van der Waals surface area contributed by atoms with Crippen molar-refractivity contribution in [2.75, 3.05) is 11.9 Å². The molecule has 132 valence electrons. The minimum absolute atomic E-state index is 0.167. The Morgan fingerprint density at radius 1 is 1.21 bits per heavy atom. The molecule has 0 aliphatic heterocycles. The number of aromatic carboxylic acids is 1. The lowest BCUT2D eigenvalue weighted by atomic mass is 10.1. The molecule has 7 heteroatoms. The van der Waals surface area contributed by atoms with Crippen LogP contribution in [0.3, 0.4) is 0 Å². The van der Waals surface area contributed by atoms with Crippen LogP contribution < -0.4 is 10.9 Å². The van der Waals surface area contributed by atoms with E-state index in [1.807, 2.05) is 6.92 Å². The number of rotatable bonds is 10. The molecule has 0 atom stereocenters. The Labute approximate surface area is 144 Å². The summed E-state index contributed by atoms with van der Waals surface area (Å²) in [6.45, 7) is 4.69. The first-order chi connectivity index (χ1) is 11.6. The van der Waals surface area contributed by atoms with E-state index in [0.717, 1.165) is 24.2 Å².